The molecule has 1 amide bonds. The highest BCUT2D eigenvalue weighted by atomic mass is 16.5. The molecular formula is C26H30N2O4. The Bertz CT molecular complexity index is 1080. The van der Waals surface area contributed by atoms with Crippen molar-refractivity contribution in [1.29, 1.82) is 0 Å². The van der Waals surface area contributed by atoms with Gasteiger partial charge in [-0.15, -0.1) is 6.58 Å². The van der Waals surface area contributed by atoms with Gasteiger partial charge in [-0.05, 0) is 56.2 Å². The summed E-state index contributed by atoms with van der Waals surface area (Å²) in [5.41, 5.74) is 0.220. The molecule has 6 nitrogen and oxygen atoms in total. The van der Waals surface area contributed by atoms with E-state index in [0.29, 0.717) is 18.7 Å². The number of aromatic hydroxyl groups is 1. The number of likely N-dealkylation sites (tertiary alicyclic amines) is 1. The van der Waals surface area contributed by atoms with Gasteiger partial charge in [0.25, 0.3) is 0 Å². The molecule has 8 rings (SSSR count). The minimum absolute atomic E-state index is 0.136. The number of carbonyl (C=O) groups is 1. The van der Waals surface area contributed by atoms with Gasteiger partial charge in [0.1, 0.15) is 11.7 Å². The van der Waals surface area contributed by atoms with Crippen LogP contribution in [-0.2, 0) is 16.6 Å². The second-order valence-corrected chi connectivity index (χ2v) is 10.9. The van der Waals surface area contributed by atoms with Crippen LogP contribution in [0, 0.1) is 17.3 Å². The number of hydrogen-bond acceptors (Lipinski definition) is 5. The van der Waals surface area contributed by atoms with Crippen LogP contribution < -0.4 is 10.1 Å². The lowest BCUT2D eigenvalue weighted by Crippen LogP contribution is -2.80. The number of phenols is 1. The number of amides is 1. The topological polar surface area (TPSA) is 82.0 Å². The van der Waals surface area contributed by atoms with E-state index in [1.165, 1.54) is 18.4 Å². The fraction of sp³-hybridized carbons (Fsp3) is 0.577. The maximum atomic E-state index is 13.3. The molecule has 3 fully saturated rings. The quantitative estimate of drug-likeness (QED) is 0.618. The van der Waals surface area contributed by atoms with E-state index < -0.39 is 23.0 Å². The lowest BCUT2D eigenvalue weighted by molar-refractivity contribution is -0.206. The molecule has 0 radical (unpaired) electrons. The van der Waals surface area contributed by atoms with Crippen molar-refractivity contribution in [3.05, 3.63) is 48.1 Å². The number of nitrogens with one attached hydrogen (secondary N) is 1. The van der Waals surface area contributed by atoms with Crippen molar-refractivity contribution in [2.75, 3.05) is 19.6 Å². The molecule has 1 saturated heterocycles. The number of rotatable bonds is 5. The molecule has 2 saturated carbocycles. The predicted molar refractivity (Wildman–Crippen MR) is 118 cm³/mol. The van der Waals surface area contributed by atoms with E-state index in [1.54, 1.807) is 12.1 Å². The van der Waals surface area contributed by atoms with Gasteiger partial charge >= 0.3 is 0 Å². The van der Waals surface area contributed by atoms with Crippen molar-refractivity contribution in [3.8, 4) is 11.5 Å². The molecule has 1 aromatic carbocycles. The first kappa shape index (κ1) is 19.2. The van der Waals surface area contributed by atoms with E-state index in [2.05, 4.69) is 22.9 Å². The number of fused-ring (bicyclic) bond motifs is 1. The number of phenolic OH excluding ortho intramolecular Hbond substituents is 1. The number of carbonyl (C=O) groups excluding carboxylic acids is 1. The fourth-order valence-corrected chi connectivity index (χ4v) is 8.08. The third-order valence-corrected chi connectivity index (χ3v) is 9.52. The van der Waals surface area contributed by atoms with E-state index in [0.717, 1.165) is 37.4 Å². The molecule has 4 bridgehead atoms. The summed E-state index contributed by atoms with van der Waals surface area (Å²) >= 11 is 0. The van der Waals surface area contributed by atoms with Crippen LogP contribution in [0.25, 0.3) is 0 Å². The fourth-order valence-electron chi connectivity index (χ4n) is 8.08. The first-order chi connectivity index (χ1) is 15.4. The van der Waals surface area contributed by atoms with Gasteiger partial charge in [-0.2, -0.15) is 0 Å². The highest BCUT2D eigenvalue weighted by molar-refractivity contribution is 5.82. The highest BCUT2D eigenvalue weighted by Crippen LogP contribution is 2.74. The number of hydrogen-bond donors (Lipinski definition) is 3. The summed E-state index contributed by atoms with van der Waals surface area (Å²) in [6.07, 6.45) is 10.2. The lowest BCUT2D eigenvalue weighted by Gasteiger charge is -2.70. The van der Waals surface area contributed by atoms with Gasteiger partial charge in [0, 0.05) is 30.1 Å². The van der Waals surface area contributed by atoms with Gasteiger partial charge in [-0.1, -0.05) is 24.3 Å². The molecule has 3 N–H and O–H groups in total. The number of ether oxygens (including phenoxy) is 1. The van der Waals surface area contributed by atoms with Gasteiger partial charge in [0.2, 0.25) is 5.91 Å². The van der Waals surface area contributed by atoms with Gasteiger partial charge in [-0.25, -0.2) is 0 Å². The minimum Gasteiger partial charge on any atom is -0.504 e. The van der Waals surface area contributed by atoms with Crippen LogP contribution in [0.3, 0.4) is 0 Å². The van der Waals surface area contributed by atoms with Crippen molar-refractivity contribution in [1.82, 2.24) is 10.2 Å². The molecule has 2 spiro atoms. The minimum atomic E-state index is -1.41. The third-order valence-electron chi connectivity index (χ3n) is 9.52. The average molecular weight is 435 g/mol. The molecule has 168 valence electrons. The molecule has 2 heterocycles. The van der Waals surface area contributed by atoms with Crippen LogP contribution in [0.4, 0.5) is 0 Å². The number of piperidine rings is 1. The van der Waals surface area contributed by atoms with Crippen molar-refractivity contribution in [2.24, 2.45) is 17.3 Å². The molecule has 6 heteroatoms. The Labute approximate surface area is 187 Å². The number of aliphatic hydroxyl groups is 1. The molecule has 7 aliphatic rings. The van der Waals surface area contributed by atoms with Gasteiger partial charge in [0.05, 0.1) is 11.3 Å². The SMILES string of the molecule is C=CCNC(=O)[C@H]1C[C@@]23C=C[C@@]1(O)[C@@H]1Oc4c(O)ccc5c4[C@@]12CCN(CC1CC1)[C@H]3C5. The van der Waals surface area contributed by atoms with Crippen LogP contribution >= 0.6 is 0 Å². The second kappa shape index (κ2) is 5.97. The van der Waals surface area contributed by atoms with E-state index in [9.17, 15) is 15.0 Å². The maximum absolute atomic E-state index is 13.3. The third kappa shape index (κ3) is 2.03. The summed E-state index contributed by atoms with van der Waals surface area (Å²) in [5, 5.41) is 25.7. The molecule has 32 heavy (non-hydrogen) atoms. The van der Waals surface area contributed by atoms with E-state index in [-0.39, 0.29) is 23.1 Å². The van der Waals surface area contributed by atoms with Crippen LogP contribution in [0.5, 0.6) is 11.5 Å². The summed E-state index contributed by atoms with van der Waals surface area (Å²) in [7, 11) is 0. The zero-order chi connectivity index (χ0) is 21.9. The van der Waals surface area contributed by atoms with Crippen molar-refractivity contribution in [2.45, 2.75) is 55.3 Å². The first-order valence-corrected chi connectivity index (χ1v) is 12.0. The normalized spacial score (nSPS) is 42.3. The molecule has 0 unspecified atom stereocenters. The van der Waals surface area contributed by atoms with E-state index in [4.69, 9.17) is 4.74 Å². The molecular weight excluding hydrogens is 404 g/mol. The Kier molecular flexibility index (Phi) is 3.58. The van der Waals surface area contributed by atoms with Gasteiger partial charge in [-0.3, -0.25) is 9.69 Å². The Balaban J connectivity index is 1.43. The van der Waals surface area contributed by atoms with Crippen molar-refractivity contribution < 1.29 is 19.7 Å². The summed E-state index contributed by atoms with van der Waals surface area (Å²) in [4.78, 5) is 15.9. The Morgan fingerprint density at radius 1 is 1.34 bits per heavy atom. The van der Waals surface area contributed by atoms with E-state index in [1.807, 2.05) is 12.1 Å². The average Bonchev–Trinajstić information content (AvgIpc) is 3.52. The lowest BCUT2D eigenvalue weighted by atomic mass is 9.37. The highest BCUT2D eigenvalue weighted by Gasteiger charge is 2.79. The summed E-state index contributed by atoms with van der Waals surface area (Å²) in [5.74, 6) is 0.712. The predicted octanol–water partition coefficient (Wildman–Crippen LogP) is 2.04. The molecule has 0 aromatic heterocycles. The van der Waals surface area contributed by atoms with Crippen molar-refractivity contribution in [3.63, 3.8) is 0 Å². The summed E-state index contributed by atoms with van der Waals surface area (Å²) in [6.45, 7) is 6.16. The maximum Gasteiger partial charge on any atom is 0.226 e. The first-order valence-electron chi connectivity index (χ1n) is 12.0. The summed E-state index contributed by atoms with van der Waals surface area (Å²) in [6, 6.07) is 4.04. The monoisotopic (exact) mass is 434 g/mol. The Morgan fingerprint density at radius 2 is 2.19 bits per heavy atom. The second-order valence-electron chi connectivity index (χ2n) is 10.9. The molecule has 5 aliphatic carbocycles. The molecule has 2 aliphatic heterocycles. The smallest absolute Gasteiger partial charge is 0.226 e. The van der Waals surface area contributed by atoms with Crippen LogP contribution in [-0.4, -0.2) is 58.4 Å². The standard InChI is InChI=1S/C26H30N2O4/c1-2-10-27-22(30)17-13-24-7-8-26(17,31)23-25(24)9-11-28(14-15-3-4-15)19(24)12-16-5-6-18(29)21(32-23)20(16)25/h2,5-8,15,17,19,23,29,31H,1,3-4,9-14H2,(H,27,30)/t17-,19+,23-,24-,25+,26+/m1/s1. The van der Waals surface area contributed by atoms with Gasteiger partial charge < -0.3 is 20.3 Å². The Morgan fingerprint density at radius 3 is 2.97 bits per heavy atom. The molecule has 6 atom stereocenters. The van der Waals surface area contributed by atoms with Crippen LogP contribution in [0.15, 0.2) is 36.9 Å². The summed E-state index contributed by atoms with van der Waals surface area (Å²) < 4.78 is 6.48. The Hall–Kier alpha value is -2.31. The zero-order valence-electron chi connectivity index (χ0n) is 18.2. The number of nitrogens with zero attached hydrogens (tertiary/aromatic N) is 1. The zero-order valence-corrected chi connectivity index (χ0v) is 18.2. The van der Waals surface area contributed by atoms with Crippen molar-refractivity contribution >= 4 is 5.91 Å². The van der Waals surface area contributed by atoms with Crippen LogP contribution in [0.2, 0.25) is 0 Å². The largest absolute Gasteiger partial charge is 0.504 e. The van der Waals surface area contributed by atoms with Gasteiger partial charge in [0.15, 0.2) is 11.5 Å². The van der Waals surface area contributed by atoms with E-state index >= 15 is 0 Å². The molecule has 1 aromatic rings. The number of benzene rings is 1. The van der Waals surface area contributed by atoms with Crippen LogP contribution in [0.1, 0.15) is 36.8 Å².